The Bertz CT molecular complexity index is 945. The van der Waals surface area contributed by atoms with Gasteiger partial charge >= 0.3 is 0 Å². The summed E-state index contributed by atoms with van der Waals surface area (Å²) in [6.45, 7) is 2.91. The van der Waals surface area contributed by atoms with E-state index in [0.29, 0.717) is 11.4 Å². The van der Waals surface area contributed by atoms with E-state index in [4.69, 9.17) is 5.73 Å². The minimum atomic E-state index is 0.108. The average molecular weight is 329 g/mol. The zero-order valence-electron chi connectivity index (χ0n) is 14.1. The van der Waals surface area contributed by atoms with Crippen molar-refractivity contribution in [1.82, 2.24) is 14.8 Å². The number of nitrogens with two attached hydrogens (primary N) is 1. The molecule has 4 rings (SSSR count). The highest BCUT2D eigenvalue weighted by Crippen LogP contribution is 2.48. The summed E-state index contributed by atoms with van der Waals surface area (Å²) in [6, 6.07) is 14.3. The minimum Gasteiger partial charge on any atom is -0.383 e. The first kappa shape index (κ1) is 15.4. The van der Waals surface area contributed by atoms with Gasteiger partial charge in [0.1, 0.15) is 17.5 Å². The number of benzene rings is 1. The molecule has 0 saturated heterocycles. The van der Waals surface area contributed by atoms with Gasteiger partial charge in [0.05, 0.1) is 6.54 Å². The van der Waals surface area contributed by atoms with Gasteiger partial charge in [-0.05, 0) is 36.1 Å². The van der Waals surface area contributed by atoms with E-state index >= 15 is 0 Å². The number of aromatic nitrogens is 3. The van der Waals surface area contributed by atoms with Crippen LogP contribution in [0.15, 0.2) is 48.8 Å². The highest BCUT2D eigenvalue weighted by Gasteiger charge is 2.41. The Kier molecular flexibility index (Phi) is 3.54. The summed E-state index contributed by atoms with van der Waals surface area (Å²) in [7, 11) is 0. The zero-order valence-corrected chi connectivity index (χ0v) is 14.1. The molecule has 5 nitrogen and oxygen atoms in total. The lowest BCUT2D eigenvalue weighted by Crippen LogP contribution is -2.08. The second kappa shape index (κ2) is 5.75. The average Bonchev–Trinajstić information content (AvgIpc) is 3.16. The number of hydrogen-bond donors (Lipinski definition) is 1. The van der Waals surface area contributed by atoms with Gasteiger partial charge in [-0.2, -0.15) is 10.4 Å². The van der Waals surface area contributed by atoms with Crippen LogP contribution in [0.1, 0.15) is 36.6 Å². The van der Waals surface area contributed by atoms with Gasteiger partial charge in [0.2, 0.25) is 0 Å². The molecule has 2 N–H and O–H groups in total. The molecule has 0 unspecified atom stereocenters. The lowest BCUT2D eigenvalue weighted by molar-refractivity contribution is 0.687. The molecule has 1 saturated carbocycles. The number of rotatable bonds is 4. The quantitative estimate of drug-likeness (QED) is 0.794. The largest absolute Gasteiger partial charge is 0.383 e. The van der Waals surface area contributed by atoms with E-state index in [9.17, 15) is 5.26 Å². The van der Waals surface area contributed by atoms with Crippen LogP contribution in [0.25, 0.3) is 11.1 Å². The van der Waals surface area contributed by atoms with Crippen LogP contribution < -0.4 is 5.73 Å². The smallest absolute Gasteiger partial charge is 0.142 e. The topological polar surface area (TPSA) is 80.5 Å². The van der Waals surface area contributed by atoms with Crippen molar-refractivity contribution < 1.29 is 0 Å². The standard InChI is InChI=1S/C20H19N5/c1-20(7-8-20)18-11-16(17(12-21)19(22)24-18)15-5-3-14(4-6-15)13-25-10-2-9-23-25/h2-6,9-11H,7-8,13H2,1H3,(H2,22,24). The Labute approximate surface area is 146 Å². The fraction of sp³-hybridized carbons (Fsp3) is 0.250. The van der Waals surface area contributed by atoms with Gasteiger partial charge in [0.25, 0.3) is 0 Å². The summed E-state index contributed by atoms with van der Waals surface area (Å²) >= 11 is 0. The van der Waals surface area contributed by atoms with E-state index in [1.54, 1.807) is 6.20 Å². The van der Waals surface area contributed by atoms with Gasteiger partial charge in [0.15, 0.2) is 0 Å². The second-order valence-corrected chi connectivity index (χ2v) is 6.89. The van der Waals surface area contributed by atoms with Gasteiger partial charge in [-0.25, -0.2) is 4.98 Å². The third kappa shape index (κ3) is 2.87. The number of nitrogen functional groups attached to an aromatic ring is 1. The van der Waals surface area contributed by atoms with Crippen LogP contribution in [0.5, 0.6) is 0 Å². The molecule has 5 heteroatoms. The van der Waals surface area contributed by atoms with Crippen molar-refractivity contribution in [1.29, 1.82) is 5.26 Å². The Morgan fingerprint density at radius 1 is 1.28 bits per heavy atom. The molecule has 1 aliphatic carbocycles. The van der Waals surface area contributed by atoms with E-state index in [1.807, 2.05) is 35.1 Å². The number of nitriles is 1. The summed E-state index contributed by atoms with van der Waals surface area (Å²) in [4.78, 5) is 4.48. The molecule has 0 amide bonds. The number of hydrogen-bond acceptors (Lipinski definition) is 4. The minimum absolute atomic E-state index is 0.108. The second-order valence-electron chi connectivity index (χ2n) is 6.89. The van der Waals surface area contributed by atoms with Gasteiger partial charge in [-0.1, -0.05) is 31.2 Å². The Morgan fingerprint density at radius 3 is 2.64 bits per heavy atom. The van der Waals surface area contributed by atoms with Crippen molar-refractivity contribution in [2.45, 2.75) is 31.7 Å². The molecule has 2 aromatic heterocycles. The first-order valence-electron chi connectivity index (χ1n) is 8.37. The number of nitrogens with zero attached hydrogens (tertiary/aromatic N) is 4. The van der Waals surface area contributed by atoms with Crippen LogP contribution in [0.2, 0.25) is 0 Å². The molecule has 0 aliphatic heterocycles. The lowest BCUT2D eigenvalue weighted by atomic mass is 9.95. The molecule has 0 radical (unpaired) electrons. The van der Waals surface area contributed by atoms with Gasteiger partial charge < -0.3 is 5.73 Å². The maximum atomic E-state index is 9.51. The third-order valence-electron chi connectivity index (χ3n) is 4.95. The maximum absolute atomic E-state index is 9.51. The summed E-state index contributed by atoms with van der Waals surface area (Å²) < 4.78 is 1.88. The summed E-state index contributed by atoms with van der Waals surface area (Å²) in [6.07, 6.45) is 5.95. The molecular weight excluding hydrogens is 310 g/mol. The van der Waals surface area contributed by atoms with Crippen LogP contribution in [0.4, 0.5) is 5.82 Å². The van der Waals surface area contributed by atoms with Crippen molar-refractivity contribution >= 4 is 5.82 Å². The SMILES string of the molecule is CC1(c2cc(-c3ccc(Cn4cccn4)cc3)c(C#N)c(N)n2)CC1. The highest BCUT2D eigenvalue weighted by atomic mass is 15.3. The van der Waals surface area contributed by atoms with Crippen molar-refractivity contribution in [2.75, 3.05) is 5.73 Å². The molecule has 0 atom stereocenters. The molecule has 1 aliphatic rings. The fourth-order valence-corrected chi connectivity index (χ4v) is 3.03. The molecule has 1 fully saturated rings. The predicted octanol–water partition coefficient (Wildman–Crippen LogP) is 3.50. The van der Waals surface area contributed by atoms with E-state index in [1.165, 1.54) is 0 Å². The van der Waals surface area contributed by atoms with Crippen LogP contribution in [-0.2, 0) is 12.0 Å². The zero-order chi connectivity index (χ0) is 17.4. The van der Waals surface area contributed by atoms with E-state index in [0.717, 1.165) is 41.8 Å². The van der Waals surface area contributed by atoms with E-state index in [-0.39, 0.29) is 5.41 Å². The Balaban J connectivity index is 1.71. The van der Waals surface area contributed by atoms with E-state index < -0.39 is 0 Å². The number of pyridine rings is 1. The first-order chi connectivity index (χ1) is 12.1. The van der Waals surface area contributed by atoms with Crippen molar-refractivity contribution in [3.8, 4) is 17.2 Å². The Hall–Kier alpha value is -3.13. The molecule has 0 spiro atoms. The molecule has 124 valence electrons. The van der Waals surface area contributed by atoms with Crippen molar-refractivity contribution in [3.63, 3.8) is 0 Å². The van der Waals surface area contributed by atoms with Gasteiger partial charge in [-0.3, -0.25) is 4.68 Å². The maximum Gasteiger partial charge on any atom is 0.142 e. The summed E-state index contributed by atoms with van der Waals surface area (Å²) in [5, 5.41) is 13.7. The van der Waals surface area contributed by atoms with Crippen molar-refractivity contribution in [3.05, 3.63) is 65.6 Å². The van der Waals surface area contributed by atoms with Gasteiger partial charge in [0, 0.05) is 29.1 Å². The summed E-state index contributed by atoms with van der Waals surface area (Å²) in [5.41, 5.74) is 10.6. The van der Waals surface area contributed by atoms with Gasteiger partial charge in [-0.15, -0.1) is 0 Å². The van der Waals surface area contributed by atoms with Crippen LogP contribution in [0.3, 0.4) is 0 Å². The van der Waals surface area contributed by atoms with Crippen LogP contribution in [0, 0.1) is 11.3 Å². The molecule has 3 aromatic rings. The highest BCUT2D eigenvalue weighted by molar-refractivity contribution is 5.76. The number of anilines is 1. The van der Waals surface area contributed by atoms with Crippen LogP contribution >= 0.6 is 0 Å². The lowest BCUT2D eigenvalue weighted by Gasteiger charge is -2.14. The van der Waals surface area contributed by atoms with E-state index in [2.05, 4.69) is 35.2 Å². The predicted molar refractivity (Wildman–Crippen MR) is 96.7 cm³/mol. The third-order valence-corrected chi connectivity index (χ3v) is 4.95. The molecule has 2 heterocycles. The molecular formula is C20H19N5. The monoisotopic (exact) mass is 329 g/mol. The summed E-state index contributed by atoms with van der Waals surface area (Å²) in [5.74, 6) is 0.323. The Morgan fingerprint density at radius 2 is 2.04 bits per heavy atom. The molecule has 1 aromatic carbocycles. The first-order valence-corrected chi connectivity index (χ1v) is 8.37. The van der Waals surface area contributed by atoms with Crippen molar-refractivity contribution in [2.24, 2.45) is 0 Å². The normalized spacial score (nSPS) is 14.9. The molecule has 25 heavy (non-hydrogen) atoms. The van der Waals surface area contributed by atoms with Crippen LogP contribution in [-0.4, -0.2) is 14.8 Å². The fourth-order valence-electron chi connectivity index (χ4n) is 3.03. The molecule has 0 bridgehead atoms.